The van der Waals surface area contributed by atoms with Crippen LogP contribution in [0.3, 0.4) is 0 Å². The lowest BCUT2D eigenvalue weighted by atomic mass is 10.0. The summed E-state index contributed by atoms with van der Waals surface area (Å²) in [6, 6.07) is 22.2. The number of likely N-dealkylation sites (tertiary alicyclic amines) is 1. The average Bonchev–Trinajstić information content (AvgIpc) is 2.77. The highest BCUT2D eigenvalue weighted by atomic mass is 16.1. The van der Waals surface area contributed by atoms with Crippen LogP contribution in [0.1, 0.15) is 28.8 Å². The molecule has 0 saturated carbocycles. The van der Waals surface area contributed by atoms with E-state index in [9.17, 15) is 4.79 Å². The van der Waals surface area contributed by atoms with Gasteiger partial charge in [-0.1, -0.05) is 36.4 Å². The highest BCUT2D eigenvalue weighted by molar-refractivity contribution is 5.95. The van der Waals surface area contributed by atoms with Crippen LogP contribution in [0, 0.1) is 0 Å². The Kier molecular flexibility index (Phi) is 6.17. The predicted molar refractivity (Wildman–Crippen MR) is 116 cm³/mol. The first-order chi connectivity index (χ1) is 14.3. The molecule has 0 unspecified atom stereocenters. The monoisotopic (exact) mass is 386 g/mol. The molecule has 5 nitrogen and oxygen atoms in total. The van der Waals surface area contributed by atoms with Crippen LogP contribution in [0.5, 0.6) is 0 Å². The molecule has 1 amide bonds. The largest absolute Gasteiger partial charge is 0.354 e. The molecule has 29 heavy (non-hydrogen) atoms. The van der Waals surface area contributed by atoms with Crippen molar-refractivity contribution in [1.29, 1.82) is 0 Å². The quantitative estimate of drug-likeness (QED) is 0.666. The molecular formula is C24H26N4O. The van der Waals surface area contributed by atoms with E-state index in [1.807, 2.05) is 42.5 Å². The van der Waals surface area contributed by atoms with E-state index in [2.05, 4.69) is 44.8 Å². The highest BCUT2D eigenvalue weighted by Gasteiger charge is 2.21. The number of nitrogens with one attached hydrogen (secondary N) is 2. The second kappa shape index (κ2) is 9.34. The van der Waals surface area contributed by atoms with Crippen molar-refractivity contribution in [1.82, 2.24) is 15.2 Å². The number of piperidine rings is 1. The van der Waals surface area contributed by atoms with Crippen molar-refractivity contribution < 1.29 is 4.79 Å². The maximum Gasteiger partial charge on any atom is 0.251 e. The van der Waals surface area contributed by atoms with Crippen LogP contribution in [-0.2, 0) is 6.54 Å². The van der Waals surface area contributed by atoms with E-state index in [0.29, 0.717) is 5.56 Å². The molecule has 0 atom stereocenters. The molecule has 4 rings (SSSR count). The fourth-order valence-electron chi connectivity index (χ4n) is 3.69. The highest BCUT2D eigenvalue weighted by Crippen LogP contribution is 2.18. The van der Waals surface area contributed by atoms with Crippen molar-refractivity contribution in [2.45, 2.75) is 25.4 Å². The van der Waals surface area contributed by atoms with Gasteiger partial charge in [-0.25, -0.2) is 0 Å². The minimum Gasteiger partial charge on any atom is -0.354 e. The van der Waals surface area contributed by atoms with Gasteiger partial charge in [0.15, 0.2) is 0 Å². The summed E-state index contributed by atoms with van der Waals surface area (Å²) in [5.41, 5.74) is 3.79. The standard InChI is InChI=1S/C24H26N4O/c29-24(20-8-4-9-22(16-20)26-23-10-5-13-25-17-23)27-21-11-14-28(15-12-21)18-19-6-2-1-3-7-19/h1-10,13,16-17,21,26H,11-12,14-15,18H2,(H,27,29). The first-order valence-electron chi connectivity index (χ1n) is 10.1. The predicted octanol–water partition coefficient (Wildman–Crippen LogP) is 4.22. The van der Waals surface area contributed by atoms with E-state index >= 15 is 0 Å². The smallest absolute Gasteiger partial charge is 0.251 e. The average molecular weight is 386 g/mol. The molecule has 1 aromatic heterocycles. The van der Waals surface area contributed by atoms with Gasteiger partial charge in [-0.15, -0.1) is 0 Å². The summed E-state index contributed by atoms with van der Waals surface area (Å²) in [7, 11) is 0. The van der Waals surface area contributed by atoms with Crippen LogP contribution in [0.25, 0.3) is 0 Å². The van der Waals surface area contributed by atoms with Gasteiger partial charge in [0.25, 0.3) is 5.91 Å². The van der Waals surface area contributed by atoms with Crippen LogP contribution < -0.4 is 10.6 Å². The summed E-state index contributed by atoms with van der Waals surface area (Å²) in [5, 5.41) is 6.49. The first kappa shape index (κ1) is 19.2. The number of nitrogens with zero attached hydrogens (tertiary/aromatic N) is 2. The minimum absolute atomic E-state index is 0.0126. The molecule has 0 spiro atoms. The van der Waals surface area contributed by atoms with E-state index in [-0.39, 0.29) is 11.9 Å². The molecule has 1 fully saturated rings. The molecule has 0 radical (unpaired) electrons. The minimum atomic E-state index is -0.0126. The van der Waals surface area contributed by atoms with Gasteiger partial charge in [-0.05, 0) is 48.7 Å². The SMILES string of the molecule is O=C(NC1CCN(Cc2ccccc2)CC1)c1cccc(Nc2cccnc2)c1. The molecule has 0 bridgehead atoms. The molecule has 0 aliphatic carbocycles. The molecule has 2 aromatic carbocycles. The number of rotatable bonds is 6. The zero-order valence-corrected chi connectivity index (χ0v) is 16.4. The Labute approximate surface area is 171 Å². The van der Waals surface area contributed by atoms with E-state index < -0.39 is 0 Å². The van der Waals surface area contributed by atoms with Gasteiger partial charge >= 0.3 is 0 Å². The number of carbonyl (C=O) groups is 1. The fourth-order valence-corrected chi connectivity index (χ4v) is 3.69. The van der Waals surface area contributed by atoms with Gasteiger partial charge in [-0.3, -0.25) is 14.7 Å². The van der Waals surface area contributed by atoms with Crippen LogP contribution >= 0.6 is 0 Å². The Hall–Kier alpha value is -3.18. The van der Waals surface area contributed by atoms with Crippen LogP contribution in [0.15, 0.2) is 79.1 Å². The Morgan fingerprint density at radius 3 is 2.52 bits per heavy atom. The molecule has 148 valence electrons. The lowest BCUT2D eigenvalue weighted by molar-refractivity contribution is 0.0909. The molecule has 5 heteroatoms. The van der Waals surface area contributed by atoms with E-state index in [1.165, 1.54) is 5.56 Å². The van der Waals surface area contributed by atoms with Gasteiger partial charge < -0.3 is 10.6 Å². The topological polar surface area (TPSA) is 57.3 Å². The fraction of sp³-hybridized carbons (Fsp3) is 0.250. The van der Waals surface area contributed by atoms with E-state index in [0.717, 1.165) is 43.9 Å². The summed E-state index contributed by atoms with van der Waals surface area (Å²) >= 11 is 0. The van der Waals surface area contributed by atoms with Crippen molar-refractivity contribution in [3.05, 3.63) is 90.3 Å². The molecule has 1 aliphatic rings. The molecule has 3 aromatic rings. The zero-order chi connectivity index (χ0) is 19.9. The first-order valence-corrected chi connectivity index (χ1v) is 10.1. The number of hydrogen-bond acceptors (Lipinski definition) is 4. The zero-order valence-electron chi connectivity index (χ0n) is 16.4. The Bertz CT molecular complexity index is 922. The van der Waals surface area contributed by atoms with Crippen LogP contribution in [-0.4, -0.2) is 34.9 Å². The van der Waals surface area contributed by atoms with E-state index in [4.69, 9.17) is 0 Å². The van der Waals surface area contributed by atoms with Crippen LogP contribution in [0.2, 0.25) is 0 Å². The molecular weight excluding hydrogens is 360 g/mol. The second-order valence-corrected chi connectivity index (χ2v) is 7.46. The number of amides is 1. The van der Waals surface area contributed by atoms with Gasteiger partial charge in [0.2, 0.25) is 0 Å². The lowest BCUT2D eigenvalue weighted by Crippen LogP contribution is -2.44. The third kappa shape index (κ3) is 5.42. The van der Waals surface area contributed by atoms with Gasteiger partial charge in [0, 0.05) is 43.1 Å². The Morgan fingerprint density at radius 1 is 0.966 bits per heavy atom. The maximum absolute atomic E-state index is 12.7. The third-order valence-corrected chi connectivity index (χ3v) is 5.25. The summed E-state index contributed by atoms with van der Waals surface area (Å²) in [5.74, 6) is -0.0126. The normalized spacial score (nSPS) is 15.0. The summed E-state index contributed by atoms with van der Waals surface area (Å²) in [4.78, 5) is 19.3. The van der Waals surface area contributed by atoms with E-state index in [1.54, 1.807) is 12.4 Å². The van der Waals surface area contributed by atoms with Gasteiger partial charge in [-0.2, -0.15) is 0 Å². The third-order valence-electron chi connectivity index (χ3n) is 5.25. The van der Waals surface area contributed by atoms with Crippen LogP contribution in [0.4, 0.5) is 11.4 Å². The van der Waals surface area contributed by atoms with Crippen molar-refractivity contribution in [3.63, 3.8) is 0 Å². The number of anilines is 2. The number of carbonyl (C=O) groups excluding carboxylic acids is 1. The number of benzene rings is 2. The Balaban J connectivity index is 1.29. The number of pyridine rings is 1. The summed E-state index contributed by atoms with van der Waals surface area (Å²) < 4.78 is 0. The molecule has 1 aliphatic heterocycles. The van der Waals surface area contributed by atoms with Crippen molar-refractivity contribution in [2.24, 2.45) is 0 Å². The van der Waals surface area contributed by atoms with Gasteiger partial charge in [0.1, 0.15) is 0 Å². The van der Waals surface area contributed by atoms with Crippen molar-refractivity contribution in [3.8, 4) is 0 Å². The lowest BCUT2D eigenvalue weighted by Gasteiger charge is -2.32. The summed E-state index contributed by atoms with van der Waals surface area (Å²) in [6.45, 7) is 2.98. The molecule has 2 heterocycles. The number of hydrogen-bond donors (Lipinski definition) is 2. The summed E-state index contributed by atoms with van der Waals surface area (Å²) in [6.07, 6.45) is 5.45. The number of aromatic nitrogens is 1. The Morgan fingerprint density at radius 2 is 1.76 bits per heavy atom. The maximum atomic E-state index is 12.7. The molecule has 1 saturated heterocycles. The van der Waals surface area contributed by atoms with Gasteiger partial charge in [0.05, 0.1) is 11.9 Å². The van der Waals surface area contributed by atoms with Crippen molar-refractivity contribution >= 4 is 17.3 Å². The second-order valence-electron chi connectivity index (χ2n) is 7.46. The van der Waals surface area contributed by atoms with Crippen molar-refractivity contribution in [2.75, 3.05) is 18.4 Å². The molecule has 2 N–H and O–H groups in total.